The number of fused-ring (bicyclic) bond motifs is 1. The first-order valence-electron chi connectivity index (χ1n) is 12.6. The molecule has 0 unspecified atom stereocenters. The van der Waals surface area contributed by atoms with E-state index in [9.17, 15) is 9.18 Å². The van der Waals surface area contributed by atoms with E-state index in [1.54, 1.807) is 18.3 Å². The standard InChI is InChI=1S/C28H32ClFN4O2/c1-34(2)15-16-4-8-19(9-5-16)32-25-20(27(35)17-6-7-17)14-31-24-11-10-23(33-26(24)25)18-12-21(29)28(36-3)22(30)13-18/h10-14,16-17,19H,4-9,15H2,1-3H3,(H,31,32). The molecule has 190 valence electrons. The van der Waals surface area contributed by atoms with E-state index in [2.05, 4.69) is 29.3 Å². The summed E-state index contributed by atoms with van der Waals surface area (Å²) in [5.41, 5.74) is 3.76. The minimum atomic E-state index is -0.550. The first-order valence-corrected chi connectivity index (χ1v) is 13.0. The maximum atomic E-state index is 14.6. The number of methoxy groups -OCH3 is 1. The largest absolute Gasteiger partial charge is 0.492 e. The molecule has 6 nitrogen and oxygen atoms in total. The number of carbonyl (C=O) groups is 1. The number of ether oxygens (including phenoxy) is 1. The first-order chi connectivity index (χ1) is 17.3. The molecule has 2 aliphatic rings. The average molecular weight is 511 g/mol. The van der Waals surface area contributed by atoms with Crippen LogP contribution < -0.4 is 10.1 Å². The number of ketones is 1. The minimum absolute atomic E-state index is 0.00686. The molecular formula is C28H32ClFN4O2. The Morgan fingerprint density at radius 2 is 1.92 bits per heavy atom. The van der Waals surface area contributed by atoms with E-state index in [0.717, 1.165) is 50.8 Å². The molecule has 0 atom stereocenters. The highest BCUT2D eigenvalue weighted by atomic mass is 35.5. The van der Waals surface area contributed by atoms with Gasteiger partial charge in [0.2, 0.25) is 0 Å². The molecule has 36 heavy (non-hydrogen) atoms. The molecule has 3 aromatic rings. The van der Waals surface area contributed by atoms with Crippen molar-refractivity contribution in [1.82, 2.24) is 14.9 Å². The van der Waals surface area contributed by atoms with Crippen LogP contribution in [-0.4, -0.2) is 54.4 Å². The van der Waals surface area contributed by atoms with Gasteiger partial charge in [0.15, 0.2) is 17.3 Å². The lowest BCUT2D eigenvalue weighted by atomic mass is 9.85. The molecule has 2 fully saturated rings. The first kappa shape index (κ1) is 24.9. The fraction of sp³-hybridized carbons (Fsp3) is 0.464. The van der Waals surface area contributed by atoms with Gasteiger partial charge in [-0.1, -0.05) is 11.6 Å². The third-order valence-corrected chi connectivity index (χ3v) is 7.52. The number of benzene rings is 1. The van der Waals surface area contributed by atoms with Gasteiger partial charge >= 0.3 is 0 Å². The fourth-order valence-corrected chi connectivity index (χ4v) is 5.52. The molecule has 0 saturated heterocycles. The molecule has 2 aliphatic carbocycles. The van der Waals surface area contributed by atoms with Gasteiger partial charge in [-0.2, -0.15) is 0 Å². The van der Waals surface area contributed by atoms with E-state index in [4.69, 9.17) is 21.3 Å². The Hall–Kier alpha value is -2.77. The van der Waals surface area contributed by atoms with Gasteiger partial charge in [-0.05, 0) is 82.8 Å². The van der Waals surface area contributed by atoms with Gasteiger partial charge in [-0.25, -0.2) is 9.37 Å². The predicted octanol–water partition coefficient (Wildman–Crippen LogP) is 6.22. The number of halogens is 2. The summed E-state index contributed by atoms with van der Waals surface area (Å²) in [5, 5.41) is 3.87. The number of aromatic nitrogens is 2. The third kappa shape index (κ3) is 5.18. The van der Waals surface area contributed by atoms with Gasteiger partial charge in [-0.15, -0.1) is 0 Å². The summed E-state index contributed by atoms with van der Waals surface area (Å²) in [7, 11) is 5.62. The smallest absolute Gasteiger partial charge is 0.173 e. The van der Waals surface area contributed by atoms with Crippen molar-refractivity contribution in [1.29, 1.82) is 0 Å². The quantitative estimate of drug-likeness (QED) is 0.363. The zero-order chi connectivity index (χ0) is 25.4. The minimum Gasteiger partial charge on any atom is -0.492 e. The SMILES string of the molecule is COc1c(F)cc(-c2ccc3ncc(C(=O)C4CC4)c(NC4CCC(CN(C)C)CC4)c3n2)cc1Cl. The number of nitrogens with zero attached hydrogens (tertiary/aromatic N) is 3. The molecule has 2 heterocycles. The summed E-state index contributed by atoms with van der Waals surface area (Å²) in [4.78, 5) is 24.9. The van der Waals surface area contributed by atoms with Gasteiger partial charge in [0.05, 0.1) is 34.6 Å². The second-order valence-corrected chi connectivity index (χ2v) is 10.8. The van der Waals surface area contributed by atoms with Gasteiger partial charge in [-0.3, -0.25) is 9.78 Å². The van der Waals surface area contributed by atoms with Gasteiger partial charge in [0.25, 0.3) is 0 Å². The number of anilines is 1. The lowest BCUT2D eigenvalue weighted by molar-refractivity contribution is 0.0968. The summed E-state index contributed by atoms with van der Waals surface area (Å²) in [5.74, 6) is 0.342. The highest BCUT2D eigenvalue weighted by Gasteiger charge is 2.33. The van der Waals surface area contributed by atoms with Crippen molar-refractivity contribution in [2.45, 2.75) is 44.6 Å². The summed E-state index contributed by atoms with van der Waals surface area (Å²) in [6, 6.07) is 6.93. The van der Waals surface area contributed by atoms with E-state index < -0.39 is 5.82 Å². The lowest BCUT2D eigenvalue weighted by Crippen LogP contribution is -2.31. The predicted molar refractivity (Wildman–Crippen MR) is 141 cm³/mol. The summed E-state index contributed by atoms with van der Waals surface area (Å²) < 4.78 is 19.6. The molecule has 0 bridgehead atoms. The maximum absolute atomic E-state index is 14.6. The van der Waals surface area contributed by atoms with Crippen LogP contribution in [0.2, 0.25) is 5.02 Å². The molecule has 2 saturated carbocycles. The summed E-state index contributed by atoms with van der Waals surface area (Å²) in [6.07, 6.45) is 7.90. The maximum Gasteiger partial charge on any atom is 0.173 e. The van der Waals surface area contributed by atoms with E-state index >= 15 is 0 Å². The number of pyridine rings is 2. The second kappa shape index (κ2) is 10.3. The van der Waals surface area contributed by atoms with Crippen LogP contribution in [0.4, 0.5) is 10.1 Å². The number of carbonyl (C=O) groups excluding carboxylic acids is 1. The number of hydrogen-bond donors (Lipinski definition) is 1. The van der Waals surface area contributed by atoms with E-state index in [1.165, 1.54) is 13.2 Å². The van der Waals surface area contributed by atoms with Crippen LogP contribution in [0.3, 0.4) is 0 Å². The number of hydrogen-bond acceptors (Lipinski definition) is 6. The third-order valence-electron chi connectivity index (χ3n) is 7.24. The van der Waals surface area contributed by atoms with Crippen LogP contribution in [0.1, 0.15) is 48.9 Å². The summed E-state index contributed by atoms with van der Waals surface area (Å²) in [6.45, 7) is 1.10. The lowest BCUT2D eigenvalue weighted by Gasteiger charge is -2.31. The Morgan fingerprint density at radius 3 is 2.56 bits per heavy atom. The Kier molecular flexibility index (Phi) is 7.13. The van der Waals surface area contributed by atoms with Gasteiger partial charge in [0.1, 0.15) is 5.52 Å². The number of nitrogens with one attached hydrogen (secondary N) is 1. The van der Waals surface area contributed by atoms with Crippen molar-refractivity contribution >= 4 is 34.1 Å². The van der Waals surface area contributed by atoms with Crippen LogP contribution >= 0.6 is 11.6 Å². The van der Waals surface area contributed by atoms with Crippen molar-refractivity contribution in [2.24, 2.45) is 11.8 Å². The number of rotatable bonds is 8. The zero-order valence-corrected chi connectivity index (χ0v) is 21.7. The molecule has 8 heteroatoms. The van der Waals surface area contributed by atoms with Crippen LogP contribution in [-0.2, 0) is 0 Å². The van der Waals surface area contributed by atoms with Crippen LogP contribution in [0, 0.1) is 17.7 Å². The molecule has 2 aromatic heterocycles. The molecular weight excluding hydrogens is 479 g/mol. The fourth-order valence-electron chi connectivity index (χ4n) is 5.24. The molecule has 0 spiro atoms. The van der Waals surface area contributed by atoms with Crippen molar-refractivity contribution in [3.05, 3.63) is 46.9 Å². The Labute approximate surface area is 216 Å². The van der Waals surface area contributed by atoms with E-state index in [1.807, 2.05) is 6.07 Å². The number of Topliss-reactive ketones (excluding diaryl/α,β-unsaturated/α-hetero) is 1. The van der Waals surface area contributed by atoms with Gasteiger partial charge in [0, 0.05) is 30.3 Å². The molecule has 1 aromatic carbocycles. The van der Waals surface area contributed by atoms with Crippen LogP contribution in [0.15, 0.2) is 30.5 Å². The van der Waals surface area contributed by atoms with Crippen molar-refractivity contribution in [3.8, 4) is 17.0 Å². The molecule has 1 N–H and O–H groups in total. The Morgan fingerprint density at radius 1 is 1.17 bits per heavy atom. The average Bonchev–Trinajstić information content (AvgIpc) is 3.70. The Balaban J connectivity index is 1.52. The normalized spacial score (nSPS) is 20.1. The monoisotopic (exact) mass is 510 g/mol. The van der Waals surface area contributed by atoms with E-state index in [-0.39, 0.29) is 28.5 Å². The Bertz CT molecular complexity index is 1260. The topological polar surface area (TPSA) is 67.3 Å². The van der Waals surface area contributed by atoms with E-state index in [0.29, 0.717) is 33.8 Å². The highest BCUT2D eigenvalue weighted by molar-refractivity contribution is 6.32. The van der Waals surface area contributed by atoms with Crippen molar-refractivity contribution < 1.29 is 13.9 Å². The van der Waals surface area contributed by atoms with Crippen molar-refractivity contribution in [2.75, 3.05) is 33.1 Å². The zero-order valence-electron chi connectivity index (χ0n) is 21.0. The second-order valence-electron chi connectivity index (χ2n) is 10.3. The van der Waals surface area contributed by atoms with Crippen LogP contribution in [0.25, 0.3) is 22.3 Å². The molecule has 0 amide bonds. The molecule has 5 rings (SSSR count). The summed E-state index contributed by atoms with van der Waals surface area (Å²) >= 11 is 6.25. The highest BCUT2D eigenvalue weighted by Crippen LogP contribution is 2.39. The van der Waals surface area contributed by atoms with Crippen molar-refractivity contribution in [3.63, 3.8) is 0 Å². The van der Waals surface area contributed by atoms with Gasteiger partial charge < -0.3 is 15.0 Å². The molecule has 0 radical (unpaired) electrons. The van der Waals surface area contributed by atoms with Crippen LogP contribution in [0.5, 0.6) is 5.75 Å². The molecule has 0 aliphatic heterocycles.